The van der Waals surface area contributed by atoms with Crippen LogP contribution in [0.5, 0.6) is 0 Å². The van der Waals surface area contributed by atoms with Gasteiger partial charge in [-0.3, -0.25) is 9.59 Å². The van der Waals surface area contributed by atoms with Crippen LogP contribution in [0.2, 0.25) is 0 Å². The molecule has 1 aliphatic rings. The Balaban J connectivity index is 0.00000106. The fourth-order valence-corrected chi connectivity index (χ4v) is 2.70. The van der Waals surface area contributed by atoms with Crippen molar-refractivity contribution in [2.24, 2.45) is 0 Å². The summed E-state index contributed by atoms with van der Waals surface area (Å²) < 4.78 is 0. The lowest BCUT2D eigenvalue weighted by molar-refractivity contribution is -0.127. The van der Waals surface area contributed by atoms with Crippen LogP contribution in [0.4, 0.5) is 11.4 Å². The van der Waals surface area contributed by atoms with Crippen LogP contribution < -0.4 is 10.6 Å². The molecule has 2 rings (SSSR count). The summed E-state index contributed by atoms with van der Waals surface area (Å²) in [5.74, 6) is -0.674. The van der Waals surface area contributed by atoms with Gasteiger partial charge in [-0.15, -0.1) is 0 Å². The molecule has 1 unspecified atom stereocenters. The van der Waals surface area contributed by atoms with E-state index in [4.69, 9.17) is 0 Å². The van der Waals surface area contributed by atoms with Crippen LogP contribution >= 0.6 is 0 Å². The molecule has 1 amide bonds. The fraction of sp³-hybridized carbons (Fsp3) is 0.500. The first-order chi connectivity index (χ1) is 10.1. The van der Waals surface area contributed by atoms with Crippen LogP contribution in [-0.2, 0) is 22.4 Å². The third-order valence-corrected chi connectivity index (χ3v) is 3.55. The van der Waals surface area contributed by atoms with Gasteiger partial charge in [-0.05, 0) is 42.5 Å². The van der Waals surface area contributed by atoms with E-state index in [9.17, 15) is 14.7 Å². The maximum absolute atomic E-state index is 11.2. The van der Waals surface area contributed by atoms with Crippen LogP contribution in [0.3, 0.4) is 0 Å². The molecule has 1 aliphatic carbocycles. The number of hydrogen-bond donors (Lipinski definition) is 3. The van der Waals surface area contributed by atoms with E-state index in [0.29, 0.717) is 12.1 Å². The van der Waals surface area contributed by atoms with Crippen LogP contribution in [0.1, 0.15) is 37.0 Å². The molecule has 0 aromatic heterocycles. The van der Waals surface area contributed by atoms with Crippen molar-refractivity contribution in [3.8, 4) is 0 Å². The van der Waals surface area contributed by atoms with Crippen LogP contribution in [0.15, 0.2) is 6.07 Å². The number of amides is 1. The molecule has 1 atom stereocenters. The van der Waals surface area contributed by atoms with E-state index in [-0.39, 0.29) is 12.4 Å². The molecule has 0 saturated heterocycles. The average molecular weight is 292 g/mol. The first-order valence-corrected chi connectivity index (χ1v) is 7.34. The topological polar surface area (TPSA) is 78.4 Å². The van der Waals surface area contributed by atoms with Crippen molar-refractivity contribution < 1.29 is 14.7 Å². The molecule has 116 valence electrons. The highest BCUT2D eigenvalue weighted by Gasteiger charge is 2.23. The number of hydrogen-bond acceptors (Lipinski definition) is 4. The van der Waals surface area contributed by atoms with Gasteiger partial charge in [-0.2, -0.15) is 0 Å². The van der Waals surface area contributed by atoms with Crippen molar-refractivity contribution in [3.05, 3.63) is 22.8 Å². The van der Waals surface area contributed by atoms with Crippen LogP contribution in [0.25, 0.3) is 0 Å². The van der Waals surface area contributed by atoms with E-state index in [1.807, 2.05) is 26.8 Å². The maximum Gasteiger partial charge on any atom is 0.288 e. The molecule has 0 aliphatic heterocycles. The number of aliphatic hydroxyl groups is 1. The zero-order chi connectivity index (χ0) is 16.0. The molecule has 0 bridgehead atoms. The third-order valence-electron chi connectivity index (χ3n) is 3.55. The number of aliphatic hydroxyl groups excluding tert-OH is 1. The molecular weight excluding hydrogens is 268 g/mol. The molecule has 3 N–H and O–H groups in total. The summed E-state index contributed by atoms with van der Waals surface area (Å²) in [7, 11) is 1.77. The van der Waals surface area contributed by atoms with Gasteiger partial charge in [-0.25, -0.2) is 0 Å². The number of carbonyl (C=O) groups is 2. The van der Waals surface area contributed by atoms with E-state index in [0.717, 1.165) is 29.7 Å². The number of benzene rings is 1. The smallest absolute Gasteiger partial charge is 0.288 e. The largest absolute Gasteiger partial charge is 0.393 e. The van der Waals surface area contributed by atoms with Crippen molar-refractivity contribution in [1.29, 1.82) is 0 Å². The Bertz CT molecular complexity index is 527. The summed E-state index contributed by atoms with van der Waals surface area (Å²) in [5, 5.41) is 15.4. The quantitative estimate of drug-likeness (QED) is 0.588. The van der Waals surface area contributed by atoms with Gasteiger partial charge in [-0.1, -0.05) is 13.8 Å². The fourth-order valence-electron chi connectivity index (χ4n) is 2.70. The van der Waals surface area contributed by atoms with Crippen molar-refractivity contribution in [2.45, 2.75) is 46.1 Å². The molecule has 0 radical (unpaired) electrons. The molecule has 5 nitrogen and oxygen atoms in total. The molecule has 0 fully saturated rings. The summed E-state index contributed by atoms with van der Waals surface area (Å²) in [6.45, 7) is 5.98. The van der Waals surface area contributed by atoms with Crippen molar-refractivity contribution in [2.75, 3.05) is 17.7 Å². The predicted octanol–water partition coefficient (Wildman–Crippen LogP) is 2.05. The minimum Gasteiger partial charge on any atom is -0.393 e. The molecule has 21 heavy (non-hydrogen) atoms. The number of rotatable bonds is 3. The molecule has 1 aromatic carbocycles. The molecule has 1 aromatic rings. The van der Waals surface area contributed by atoms with Gasteiger partial charge in [0.15, 0.2) is 0 Å². The second kappa shape index (κ2) is 7.78. The van der Waals surface area contributed by atoms with Gasteiger partial charge in [0.2, 0.25) is 6.29 Å². The number of aldehydes is 1. The minimum absolute atomic E-state index is 0.253. The third kappa shape index (κ3) is 3.82. The summed E-state index contributed by atoms with van der Waals surface area (Å²) >= 11 is 0. The van der Waals surface area contributed by atoms with E-state index in [1.54, 1.807) is 7.05 Å². The molecule has 0 spiro atoms. The highest BCUT2D eigenvalue weighted by Crippen LogP contribution is 2.36. The Kier molecular flexibility index (Phi) is 6.37. The van der Waals surface area contributed by atoms with Crippen molar-refractivity contribution in [1.82, 2.24) is 0 Å². The Morgan fingerprint density at radius 3 is 2.62 bits per heavy atom. The Hall–Kier alpha value is -1.88. The number of aryl methyl sites for hydroxylation is 1. The summed E-state index contributed by atoms with van der Waals surface area (Å²) in [5.41, 5.74) is 4.70. The first-order valence-electron chi connectivity index (χ1n) is 7.34. The second-order valence-corrected chi connectivity index (χ2v) is 4.83. The highest BCUT2D eigenvalue weighted by molar-refractivity contribution is 6.30. The van der Waals surface area contributed by atoms with E-state index >= 15 is 0 Å². The summed E-state index contributed by atoms with van der Waals surface area (Å²) in [6, 6.07) is 1.86. The number of nitrogens with one attached hydrogen (secondary N) is 2. The SMILES string of the molecule is CC.CNc1c(NC(=O)C=O)cc(C)c2c1CC(O)CC2. The lowest BCUT2D eigenvalue weighted by Gasteiger charge is -2.27. The Morgan fingerprint density at radius 1 is 1.38 bits per heavy atom. The normalized spacial score (nSPS) is 16.1. The van der Waals surface area contributed by atoms with Crippen molar-refractivity contribution in [3.63, 3.8) is 0 Å². The van der Waals surface area contributed by atoms with Crippen LogP contribution in [-0.4, -0.2) is 30.5 Å². The minimum atomic E-state index is -0.674. The Labute approximate surface area is 125 Å². The van der Waals surface area contributed by atoms with Gasteiger partial charge < -0.3 is 15.7 Å². The lowest BCUT2D eigenvalue weighted by Crippen LogP contribution is -2.22. The second-order valence-electron chi connectivity index (χ2n) is 4.83. The first kappa shape index (κ1) is 17.2. The van der Waals surface area contributed by atoms with Crippen molar-refractivity contribution >= 4 is 23.6 Å². The Morgan fingerprint density at radius 2 is 2.05 bits per heavy atom. The molecule has 0 heterocycles. The summed E-state index contributed by atoms with van der Waals surface area (Å²) in [4.78, 5) is 21.7. The van der Waals surface area contributed by atoms with E-state index in [2.05, 4.69) is 10.6 Å². The number of carbonyl (C=O) groups excluding carboxylic acids is 2. The van der Waals surface area contributed by atoms with Gasteiger partial charge in [0.1, 0.15) is 0 Å². The standard InChI is InChI=1S/C14H18N2O3.C2H6/c1-8-5-12(16-13(19)7-17)14(15-2)11-6-9(18)3-4-10(8)11;1-2/h5,7,9,15,18H,3-4,6H2,1-2H3,(H,16,19);1-2H3. The van der Waals surface area contributed by atoms with Gasteiger partial charge in [0.05, 0.1) is 17.5 Å². The predicted molar refractivity (Wildman–Crippen MR) is 84.8 cm³/mol. The average Bonchev–Trinajstić information content (AvgIpc) is 2.49. The summed E-state index contributed by atoms with van der Waals surface area (Å²) in [6.07, 6.45) is 2.06. The molecular formula is C16H24N2O3. The van der Waals surface area contributed by atoms with Crippen LogP contribution in [0, 0.1) is 6.92 Å². The zero-order valence-electron chi connectivity index (χ0n) is 13.1. The molecule has 5 heteroatoms. The van der Waals surface area contributed by atoms with Gasteiger partial charge in [0.25, 0.3) is 5.91 Å². The zero-order valence-corrected chi connectivity index (χ0v) is 13.1. The number of anilines is 2. The lowest BCUT2D eigenvalue weighted by atomic mass is 9.85. The van der Waals surface area contributed by atoms with E-state index < -0.39 is 5.91 Å². The molecule has 0 saturated carbocycles. The number of fused-ring (bicyclic) bond motifs is 1. The highest BCUT2D eigenvalue weighted by atomic mass is 16.3. The van der Waals surface area contributed by atoms with Gasteiger partial charge >= 0.3 is 0 Å². The van der Waals surface area contributed by atoms with E-state index in [1.165, 1.54) is 5.56 Å². The monoisotopic (exact) mass is 292 g/mol. The van der Waals surface area contributed by atoms with Gasteiger partial charge in [0, 0.05) is 13.5 Å². The maximum atomic E-state index is 11.2.